The molecule has 1 unspecified atom stereocenters. The van der Waals surface area contributed by atoms with E-state index < -0.39 is 0 Å². The summed E-state index contributed by atoms with van der Waals surface area (Å²) in [6.45, 7) is 6.48. The van der Waals surface area contributed by atoms with Crippen molar-refractivity contribution in [1.29, 1.82) is 0 Å². The van der Waals surface area contributed by atoms with Crippen molar-refractivity contribution in [3.63, 3.8) is 0 Å². The average molecular weight is 331 g/mol. The number of nitrogens with zero attached hydrogens (tertiary/aromatic N) is 1. The molecule has 0 bridgehead atoms. The molecular weight excluding hydrogens is 312 g/mol. The van der Waals surface area contributed by atoms with E-state index in [1.165, 1.54) is 25.9 Å². The highest BCUT2D eigenvalue weighted by Crippen LogP contribution is 2.20. The highest BCUT2D eigenvalue weighted by atomic mass is 79.9. The van der Waals surface area contributed by atoms with Gasteiger partial charge in [0.2, 0.25) is 0 Å². The molecule has 1 aromatic heterocycles. The minimum Gasteiger partial charge on any atom is -0.352 e. The van der Waals surface area contributed by atoms with Crippen molar-refractivity contribution in [2.24, 2.45) is 5.92 Å². The second-order valence-electron chi connectivity index (χ2n) is 4.96. The number of carbonyl (C=O) groups excluding carboxylic acids is 1. The molecule has 0 radical (unpaired) electrons. The molecule has 1 aliphatic heterocycles. The molecule has 3 nitrogen and oxygen atoms in total. The summed E-state index contributed by atoms with van der Waals surface area (Å²) < 4.78 is 0.998. The number of thiophene rings is 1. The standard InChI is InChI=1S/C13H19BrN2OS/c1-10(8-16-4-2-3-5-16)7-15-13(17)11-6-12(14)18-9-11/h6,9-10H,2-5,7-8H2,1H3,(H,15,17). The molecule has 1 N–H and O–H groups in total. The number of carbonyl (C=O) groups is 1. The Morgan fingerprint density at radius 1 is 1.56 bits per heavy atom. The van der Waals surface area contributed by atoms with E-state index in [9.17, 15) is 4.79 Å². The first-order chi connectivity index (χ1) is 8.65. The molecule has 1 fully saturated rings. The van der Waals surface area contributed by atoms with E-state index in [0.717, 1.165) is 22.4 Å². The van der Waals surface area contributed by atoms with Crippen LogP contribution in [0, 0.1) is 5.92 Å². The summed E-state index contributed by atoms with van der Waals surface area (Å²) in [5.74, 6) is 0.541. The van der Waals surface area contributed by atoms with Gasteiger partial charge in [-0.2, -0.15) is 0 Å². The summed E-state index contributed by atoms with van der Waals surface area (Å²) in [5.41, 5.74) is 0.750. The fourth-order valence-electron chi connectivity index (χ4n) is 2.27. The Balaban J connectivity index is 1.71. The van der Waals surface area contributed by atoms with Gasteiger partial charge in [-0.05, 0) is 53.8 Å². The van der Waals surface area contributed by atoms with E-state index in [1.54, 1.807) is 11.3 Å². The Kier molecular flexibility index (Phi) is 5.21. The number of rotatable bonds is 5. The SMILES string of the molecule is CC(CNC(=O)c1csc(Br)c1)CN1CCCC1. The summed E-state index contributed by atoms with van der Waals surface area (Å²) in [4.78, 5) is 14.3. The van der Waals surface area contributed by atoms with E-state index in [1.807, 2.05) is 11.4 Å². The number of amides is 1. The van der Waals surface area contributed by atoms with Gasteiger partial charge < -0.3 is 10.2 Å². The monoisotopic (exact) mass is 330 g/mol. The van der Waals surface area contributed by atoms with Crippen LogP contribution in [0.3, 0.4) is 0 Å². The summed E-state index contributed by atoms with van der Waals surface area (Å²) in [6, 6.07) is 1.87. The van der Waals surface area contributed by atoms with Crippen LogP contribution in [0.4, 0.5) is 0 Å². The first kappa shape index (κ1) is 14.0. The summed E-state index contributed by atoms with van der Waals surface area (Å²) >= 11 is 4.91. The number of hydrogen-bond donors (Lipinski definition) is 1. The second-order valence-corrected chi connectivity index (χ2v) is 7.25. The Hall–Kier alpha value is -0.390. The quantitative estimate of drug-likeness (QED) is 0.900. The van der Waals surface area contributed by atoms with Crippen LogP contribution < -0.4 is 5.32 Å². The van der Waals surface area contributed by atoms with Crippen LogP contribution in [-0.4, -0.2) is 37.0 Å². The zero-order valence-electron chi connectivity index (χ0n) is 10.6. The minimum absolute atomic E-state index is 0.0326. The molecule has 0 aliphatic carbocycles. The van der Waals surface area contributed by atoms with Crippen molar-refractivity contribution in [1.82, 2.24) is 10.2 Å². The molecule has 5 heteroatoms. The molecule has 0 saturated carbocycles. The zero-order chi connectivity index (χ0) is 13.0. The molecule has 0 aromatic carbocycles. The highest BCUT2D eigenvalue weighted by Gasteiger charge is 2.15. The summed E-state index contributed by atoms with van der Waals surface area (Å²) in [6.07, 6.45) is 2.64. The lowest BCUT2D eigenvalue weighted by molar-refractivity contribution is 0.0945. The topological polar surface area (TPSA) is 32.3 Å². The highest BCUT2D eigenvalue weighted by molar-refractivity contribution is 9.11. The van der Waals surface area contributed by atoms with Crippen molar-refractivity contribution in [3.8, 4) is 0 Å². The van der Waals surface area contributed by atoms with Gasteiger partial charge in [0.25, 0.3) is 5.91 Å². The Morgan fingerprint density at radius 3 is 2.89 bits per heavy atom. The maximum Gasteiger partial charge on any atom is 0.252 e. The lowest BCUT2D eigenvalue weighted by Gasteiger charge is -2.20. The molecule has 2 rings (SSSR count). The van der Waals surface area contributed by atoms with Gasteiger partial charge in [-0.25, -0.2) is 0 Å². The van der Waals surface area contributed by atoms with Crippen molar-refractivity contribution in [3.05, 3.63) is 20.8 Å². The number of hydrogen-bond acceptors (Lipinski definition) is 3. The summed E-state index contributed by atoms with van der Waals surface area (Å²) in [7, 11) is 0. The van der Waals surface area contributed by atoms with Crippen LogP contribution in [0.15, 0.2) is 15.2 Å². The second kappa shape index (κ2) is 6.68. The first-order valence-corrected chi connectivity index (χ1v) is 8.07. The van der Waals surface area contributed by atoms with Gasteiger partial charge >= 0.3 is 0 Å². The third-order valence-corrected chi connectivity index (χ3v) is 4.71. The van der Waals surface area contributed by atoms with Gasteiger partial charge in [-0.3, -0.25) is 4.79 Å². The zero-order valence-corrected chi connectivity index (χ0v) is 13.0. The van der Waals surface area contributed by atoms with Gasteiger partial charge in [0.1, 0.15) is 0 Å². The maximum absolute atomic E-state index is 11.9. The number of nitrogens with one attached hydrogen (secondary N) is 1. The fourth-order valence-corrected chi connectivity index (χ4v) is 3.41. The van der Waals surface area contributed by atoms with Gasteiger partial charge in [-0.1, -0.05) is 6.92 Å². The molecule has 2 heterocycles. The predicted octanol–water partition coefficient (Wildman–Crippen LogP) is 2.97. The van der Waals surface area contributed by atoms with Crippen LogP contribution in [-0.2, 0) is 0 Å². The van der Waals surface area contributed by atoms with Gasteiger partial charge in [0, 0.05) is 18.5 Å². The molecule has 1 saturated heterocycles. The molecule has 1 atom stereocenters. The minimum atomic E-state index is 0.0326. The lowest BCUT2D eigenvalue weighted by atomic mass is 10.1. The normalized spacial score (nSPS) is 17.9. The van der Waals surface area contributed by atoms with Crippen LogP contribution in [0.5, 0.6) is 0 Å². The molecule has 1 aromatic rings. The van der Waals surface area contributed by atoms with Crippen LogP contribution in [0.25, 0.3) is 0 Å². The van der Waals surface area contributed by atoms with E-state index in [2.05, 4.69) is 33.1 Å². The molecular formula is C13H19BrN2OS. The molecule has 0 spiro atoms. The van der Waals surface area contributed by atoms with E-state index >= 15 is 0 Å². The average Bonchev–Trinajstić information content (AvgIpc) is 2.97. The van der Waals surface area contributed by atoms with Crippen LogP contribution in [0.1, 0.15) is 30.1 Å². The molecule has 1 aliphatic rings. The summed E-state index contributed by atoms with van der Waals surface area (Å²) in [5, 5.41) is 4.89. The van der Waals surface area contributed by atoms with Crippen LogP contribution in [0.2, 0.25) is 0 Å². The number of halogens is 1. The largest absolute Gasteiger partial charge is 0.352 e. The Bertz CT molecular complexity index is 401. The maximum atomic E-state index is 11.9. The number of likely N-dealkylation sites (tertiary alicyclic amines) is 1. The first-order valence-electron chi connectivity index (χ1n) is 6.40. The van der Waals surface area contributed by atoms with Crippen molar-refractivity contribution >= 4 is 33.2 Å². The molecule has 100 valence electrons. The van der Waals surface area contributed by atoms with Crippen molar-refractivity contribution in [2.45, 2.75) is 19.8 Å². The van der Waals surface area contributed by atoms with E-state index in [0.29, 0.717) is 5.92 Å². The third-order valence-electron chi connectivity index (χ3n) is 3.21. The van der Waals surface area contributed by atoms with E-state index in [4.69, 9.17) is 0 Å². The predicted molar refractivity (Wildman–Crippen MR) is 79.2 cm³/mol. The van der Waals surface area contributed by atoms with E-state index in [-0.39, 0.29) is 5.91 Å². The Morgan fingerprint density at radius 2 is 2.28 bits per heavy atom. The van der Waals surface area contributed by atoms with Gasteiger partial charge in [0.05, 0.1) is 9.35 Å². The smallest absolute Gasteiger partial charge is 0.252 e. The molecule has 18 heavy (non-hydrogen) atoms. The van der Waals surface area contributed by atoms with Crippen molar-refractivity contribution in [2.75, 3.05) is 26.2 Å². The fraction of sp³-hybridized carbons (Fsp3) is 0.615. The lowest BCUT2D eigenvalue weighted by Crippen LogP contribution is -2.34. The van der Waals surface area contributed by atoms with Crippen molar-refractivity contribution < 1.29 is 4.79 Å². The van der Waals surface area contributed by atoms with Crippen LogP contribution >= 0.6 is 27.3 Å². The Labute approximate surface area is 121 Å². The molecule has 1 amide bonds. The van der Waals surface area contributed by atoms with Gasteiger partial charge in [-0.15, -0.1) is 11.3 Å². The van der Waals surface area contributed by atoms with Gasteiger partial charge in [0.15, 0.2) is 0 Å². The third kappa shape index (κ3) is 4.07.